The highest BCUT2D eigenvalue weighted by atomic mass is 79.9. The van der Waals surface area contributed by atoms with Gasteiger partial charge in [-0.3, -0.25) is 0 Å². The Labute approximate surface area is 107 Å². The van der Waals surface area contributed by atoms with E-state index in [4.69, 9.17) is 4.74 Å². The number of benzene rings is 1. The predicted molar refractivity (Wildman–Crippen MR) is 67.2 cm³/mol. The van der Waals surface area contributed by atoms with E-state index in [1.807, 2.05) is 18.2 Å². The minimum absolute atomic E-state index is 0.260. The van der Waals surface area contributed by atoms with Crippen LogP contribution in [0.15, 0.2) is 34.8 Å². The van der Waals surface area contributed by atoms with E-state index in [0.29, 0.717) is 12.3 Å². The molecule has 5 heteroatoms. The molecule has 1 heterocycles. The zero-order valence-corrected chi connectivity index (χ0v) is 10.8. The van der Waals surface area contributed by atoms with Crippen molar-refractivity contribution < 1.29 is 9.84 Å². The second-order valence-corrected chi connectivity index (χ2v) is 4.39. The van der Waals surface area contributed by atoms with Gasteiger partial charge in [-0.1, -0.05) is 12.1 Å². The minimum Gasteiger partial charge on any atom is -0.508 e. The molecule has 0 spiro atoms. The third-order valence-electron chi connectivity index (χ3n) is 2.28. The summed E-state index contributed by atoms with van der Waals surface area (Å²) in [6.07, 6.45) is 0.663. The Balaban J connectivity index is 2.19. The van der Waals surface area contributed by atoms with Gasteiger partial charge in [-0.15, -0.1) is 5.10 Å². The summed E-state index contributed by atoms with van der Waals surface area (Å²) in [4.78, 5) is 0. The molecule has 0 saturated carbocycles. The van der Waals surface area contributed by atoms with Crippen molar-refractivity contribution in [3.05, 3.63) is 46.1 Å². The van der Waals surface area contributed by atoms with E-state index in [-0.39, 0.29) is 5.75 Å². The average Bonchev–Trinajstić information content (AvgIpc) is 2.32. The number of phenols is 1. The third kappa shape index (κ3) is 2.94. The topological polar surface area (TPSA) is 55.2 Å². The van der Waals surface area contributed by atoms with Crippen LogP contribution in [-0.2, 0) is 6.42 Å². The van der Waals surface area contributed by atoms with E-state index in [9.17, 15) is 5.11 Å². The first-order valence-electron chi connectivity index (χ1n) is 5.03. The summed E-state index contributed by atoms with van der Waals surface area (Å²) in [5, 5.41) is 17.2. The Morgan fingerprint density at radius 2 is 1.94 bits per heavy atom. The number of aromatic hydroxyl groups is 1. The van der Waals surface area contributed by atoms with Crippen LogP contribution in [0.1, 0.15) is 11.3 Å². The lowest BCUT2D eigenvalue weighted by Crippen LogP contribution is -1.98. The van der Waals surface area contributed by atoms with Crippen molar-refractivity contribution in [2.45, 2.75) is 6.42 Å². The van der Waals surface area contributed by atoms with E-state index < -0.39 is 0 Å². The quantitative estimate of drug-likeness (QED) is 0.945. The van der Waals surface area contributed by atoms with Gasteiger partial charge >= 0.3 is 0 Å². The molecule has 1 aromatic carbocycles. The molecule has 2 rings (SSSR count). The van der Waals surface area contributed by atoms with E-state index in [1.165, 1.54) is 0 Å². The van der Waals surface area contributed by atoms with Crippen LogP contribution < -0.4 is 4.74 Å². The molecule has 0 amide bonds. The molecular weight excluding hydrogens is 284 g/mol. The average molecular weight is 295 g/mol. The van der Waals surface area contributed by atoms with Crippen LogP contribution in [0.3, 0.4) is 0 Å². The van der Waals surface area contributed by atoms with Gasteiger partial charge in [0.05, 0.1) is 17.3 Å². The molecule has 0 saturated heterocycles. The van der Waals surface area contributed by atoms with E-state index in [2.05, 4.69) is 26.1 Å². The molecule has 0 fully saturated rings. The molecule has 0 atom stereocenters. The van der Waals surface area contributed by atoms with Gasteiger partial charge in [0.25, 0.3) is 0 Å². The normalized spacial score (nSPS) is 10.2. The molecule has 0 unspecified atom stereocenters. The Morgan fingerprint density at radius 1 is 1.24 bits per heavy atom. The van der Waals surface area contributed by atoms with Gasteiger partial charge < -0.3 is 9.84 Å². The van der Waals surface area contributed by atoms with Crippen LogP contribution in [0.2, 0.25) is 0 Å². The van der Waals surface area contributed by atoms with Crippen molar-refractivity contribution in [3.63, 3.8) is 0 Å². The fraction of sp³-hybridized carbons (Fsp3) is 0.167. The zero-order valence-electron chi connectivity index (χ0n) is 9.22. The molecule has 4 nitrogen and oxygen atoms in total. The molecule has 1 aromatic heterocycles. The molecule has 0 radical (unpaired) electrons. The maximum atomic E-state index is 9.18. The standard InChI is InChI=1S/C12H11BrN2O2/c1-17-12-11(13)7-9(14-15-12)6-8-2-4-10(16)5-3-8/h2-5,7,16H,6H2,1H3. The molecule has 0 aliphatic carbocycles. The van der Waals surface area contributed by atoms with Gasteiger partial charge in [0, 0.05) is 6.42 Å². The van der Waals surface area contributed by atoms with Gasteiger partial charge in [-0.25, -0.2) is 0 Å². The van der Waals surface area contributed by atoms with Gasteiger partial charge in [0.1, 0.15) is 5.75 Å². The van der Waals surface area contributed by atoms with Gasteiger partial charge in [-0.05, 0) is 39.7 Å². The van der Waals surface area contributed by atoms with Crippen molar-refractivity contribution in [1.29, 1.82) is 0 Å². The number of aromatic nitrogens is 2. The number of halogens is 1. The fourth-order valence-corrected chi connectivity index (χ4v) is 1.95. The number of hydrogen-bond donors (Lipinski definition) is 1. The van der Waals surface area contributed by atoms with E-state index in [1.54, 1.807) is 19.2 Å². The number of ether oxygens (including phenoxy) is 1. The Morgan fingerprint density at radius 3 is 2.53 bits per heavy atom. The molecule has 17 heavy (non-hydrogen) atoms. The van der Waals surface area contributed by atoms with Crippen molar-refractivity contribution in [2.24, 2.45) is 0 Å². The summed E-state index contributed by atoms with van der Waals surface area (Å²) in [5.41, 5.74) is 1.90. The van der Waals surface area contributed by atoms with Crippen LogP contribution in [0, 0.1) is 0 Å². The lowest BCUT2D eigenvalue weighted by atomic mass is 10.1. The van der Waals surface area contributed by atoms with Crippen LogP contribution >= 0.6 is 15.9 Å². The summed E-state index contributed by atoms with van der Waals surface area (Å²) in [5.74, 6) is 0.732. The van der Waals surface area contributed by atoms with Gasteiger partial charge in [0.2, 0.25) is 5.88 Å². The summed E-state index contributed by atoms with van der Waals surface area (Å²) in [6, 6.07) is 8.89. The zero-order chi connectivity index (χ0) is 12.3. The summed E-state index contributed by atoms with van der Waals surface area (Å²) in [7, 11) is 1.55. The maximum Gasteiger partial charge on any atom is 0.247 e. The third-order valence-corrected chi connectivity index (χ3v) is 2.85. The number of nitrogens with zero attached hydrogens (tertiary/aromatic N) is 2. The summed E-state index contributed by atoms with van der Waals surface area (Å²) in [6.45, 7) is 0. The van der Waals surface area contributed by atoms with Crippen molar-refractivity contribution >= 4 is 15.9 Å². The highest BCUT2D eigenvalue weighted by Crippen LogP contribution is 2.22. The molecule has 88 valence electrons. The van der Waals surface area contributed by atoms with Crippen molar-refractivity contribution in [1.82, 2.24) is 10.2 Å². The number of phenolic OH excluding ortho intramolecular Hbond substituents is 1. The van der Waals surface area contributed by atoms with Gasteiger partial charge in [-0.2, -0.15) is 5.10 Å². The second-order valence-electron chi connectivity index (χ2n) is 3.54. The van der Waals surface area contributed by atoms with Crippen LogP contribution in [0.4, 0.5) is 0 Å². The highest BCUT2D eigenvalue weighted by Gasteiger charge is 2.05. The SMILES string of the molecule is COc1nnc(Cc2ccc(O)cc2)cc1Br. The fourth-order valence-electron chi connectivity index (χ4n) is 1.44. The van der Waals surface area contributed by atoms with Crippen LogP contribution in [-0.4, -0.2) is 22.4 Å². The first-order valence-corrected chi connectivity index (χ1v) is 5.82. The summed E-state index contributed by atoms with van der Waals surface area (Å²) < 4.78 is 5.79. The molecule has 2 aromatic rings. The second kappa shape index (κ2) is 5.14. The molecule has 0 aliphatic heterocycles. The molecule has 1 N–H and O–H groups in total. The lowest BCUT2D eigenvalue weighted by Gasteiger charge is -2.04. The summed E-state index contributed by atoms with van der Waals surface area (Å²) >= 11 is 3.36. The minimum atomic E-state index is 0.260. The van der Waals surface area contributed by atoms with E-state index in [0.717, 1.165) is 15.7 Å². The van der Waals surface area contributed by atoms with E-state index >= 15 is 0 Å². The first kappa shape index (κ1) is 11.9. The highest BCUT2D eigenvalue weighted by molar-refractivity contribution is 9.10. The smallest absolute Gasteiger partial charge is 0.247 e. The Hall–Kier alpha value is -1.62. The first-order chi connectivity index (χ1) is 8.19. The number of rotatable bonds is 3. The van der Waals surface area contributed by atoms with Crippen molar-refractivity contribution in [3.8, 4) is 11.6 Å². The maximum absolute atomic E-state index is 9.18. The van der Waals surface area contributed by atoms with Crippen LogP contribution in [0.5, 0.6) is 11.6 Å². The van der Waals surface area contributed by atoms with Crippen LogP contribution in [0.25, 0.3) is 0 Å². The Bertz CT molecular complexity index is 514. The van der Waals surface area contributed by atoms with Gasteiger partial charge in [0.15, 0.2) is 0 Å². The number of methoxy groups -OCH3 is 1. The predicted octanol–water partition coefficient (Wildman–Crippen LogP) is 2.54. The largest absolute Gasteiger partial charge is 0.508 e. The number of hydrogen-bond acceptors (Lipinski definition) is 4. The monoisotopic (exact) mass is 294 g/mol. The molecule has 0 aliphatic rings. The Kier molecular flexibility index (Phi) is 3.58. The molecular formula is C12H11BrN2O2. The lowest BCUT2D eigenvalue weighted by molar-refractivity contribution is 0.388. The van der Waals surface area contributed by atoms with Crippen molar-refractivity contribution in [2.75, 3.05) is 7.11 Å². The molecule has 0 bridgehead atoms.